The van der Waals surface area contributed by atoms with Gasteiger partial charge in [0.25, 0.3) is 11.6 Å². The van der Waals surface area contributed by atoms with Gasteiger partial charge < -0.3 is 4.74 Å². The molecule has 0 aliphatic carbocycles. The number of hydrogen-bond acceptors (Lipinski definition) is 6. The standard InChI is InChI=1S/C10H8N2O6S/c1-18-9(13)5-11-10(14)7-3-2-6(12(15)16)4-8(7)19(11)17/h2-4H,5H2,1H3. The topological polar surface area (TPSA) is 107 Å². The number of non-ortho nitro benzene ring substituents is 1. The van der Waals surface area contributed by atoms with Gasteiger partial charge in [0.05, 0.1) is 22.5 Å². The van der Waals surface area contributed by atoms with Gasteiger partial charge in [-0.1, -0.05) is 0 Å². The largest absolute Gasteiger partial charge is 0.468 e. The van der Waals surface area contributed by atoms with E-state index in [9.17, 15) is 23.9 Å². The number of ether oxygens (including phenoxy) is 1. The summed E-state index contributed by atoms with van der Waals surface area (Å²) in [4.78, 5) is 33.0. The van der Waals surface area contributed by atoms with Gasteiger partial charge in [-0.2, -0.15) is 0 Å². The third-order valence-electron chi connectivity index (χ3n) is 2.52. The fourth-order valence-corrected chi connectivity index (χ4v) is 2.86. The molecule has 19 heavy (non-hydrogen) atoms. The molecule has 0 fully saturated rings. The molecule has 0 saturated heterocycles. The Labute approximate surface area is 109 Å². The molecule has 1 aliphatic rings. The molecule has 2 rings (SSSR count). The van der Waals surface area contributed by atoms with Crippen molar-refractivity contribution in [1.82, 2.24) is 4.31 Å². The average Bonchev–Trinajstić information content (AvgIpc) is 2.63. The van der Waals surface area contributed by atoms with Gasteiger partial charge in [0, 0.05) is 12.1 Å². The second-order valence-electron chi connectivity index (χ2n) is 3.60. The van der Waals surface area contributed by atoms with E-state index in [0.29, 0.717) is 0 Å². The number of nitrogens with zero attached hydrogens (tertiary/aromatic N) is 2. The number of nitro groups is 1. The van der Waals surface area contributed by atoms with Crippen molar-refractivity contribution in [3.8, 4) is 0 Å². The number of esters is 1. The van der Waals surface area contributed by atoms with Gasteiger partial charge in [-0.15, -0.1) is 0 Å². The van der Waals surface area contributed by atoms with E-state index in [-0.39, 0.29) is 16.1 Å². The monoisotopic (exact) mass is 284 g/mol. The highest BCUT2D eigenvalue weighted by Crippen LogP contribution is 2.30. The van der Waals surface area contributed by atoms with E-state index in [0.717, 1.165) is 23.5 Å². The summed E-state index contributed by atoms with van der Waals surface area (Å²) >= 11 is 0. The Morgan fingerprint density at radius 1 is 1.53 bits per heavy atom. The number of methoxy groups -OCH3 is 1. The lowest BCUT2D eigenvalue weighted by molar-refractivity contribution is -0.385. The van der Waals surface area contributed by atoms with Crippen LogP contribution in [0.25, 0.3) is 0 Å². The molecule has 1 aromatic carbocycles. The highest BCUT2D eigenvalue weighted by molar-refractivity contribution is 7.84. The van der Waals surface area contributed by atoms with E-state index >= 15 is 0 Å². The van der Waals surface area contributed by atoms with Crippen LogP contribution in [0.3, 0.4) is 0 Å². The summed E-state index contributed by atoms with van der Waals surface area (Å²) in [5, 5.41) is 10.6. The zero-order valence-electron chi connectivity index (χ0n) is 9.69. The molecule has 100 valence electrons. The number of hydrogen-bond donors (Lipinski definition) is 0. The average molecular weight is 284 g/mol. The van der Waals surface area contributed by atoms with E-state index in [1.807, 2.05) is 0 Å². The number of carbonyl (C=O) groups is 2. The van der Waals surface area contributed by atoms with E-state index in [1.54, 1.807) is 0 Å². The number of benzene rings is 1. The highest BCUT2D eigenvalue weighted by atomic mass is 32.2. The lowest BCUT2D eigenvalue weighted by Crippen LogP contribution is -2.32. The van der Waals surface area contributed by atoms with Crippen LogP contribution in [-0.2, 0) is 20.5 Å². The minimum atomic E-state index is -1.94. The van der Waals surface area contributed by atoms with Gasteiger partial charge in [-0.25, -0.2) is 8.51 Å². The number of nitro benzene ring substituents is 1. The van der Waals surface area contributed by atoms with Crippen molar-refractivity contribution in [2.75, 3.05) is 13.7 Å². The van der Waals surface area contributed by atoms with Crippen molar-refractivity contribution in [2.45, 2.75) is 4.90 Å². The molecule has 0 aromatic heterocycles. The Hall–Kier alpha value is -2.29. The SMILES string of the molecule is COC(=O)CN1C(=O)c2ccc([N+](=O)[O-])cc2S1=O. The number of rotatable bonds is 3. The molecule has 1 unspecified atom stereocenters. The second-order valence-corrected chi connectivity index (χ2v) is 4.98. The fourth-order valence-electron chi connectivity index (χ4n) is 1.59. The van der Waals surface area contributed by atoms with Crippen molar-refractivity contribution in [3.05, 3.63) is 33.9 Å². The molecular formula is C10H8N2O6S. The molecule has 1 aliphatic heterocycles. The molecular weight excluding hydrogens is 276 g/mol. The minimum absolute atomic E-state index is 0.0307. The van der Waals surface area contributed by atoms with Crippen LogP contribution in [0.1, 0.15) is 10.4 Å². The molecule has 0 spiro atoms. The third kappa shape index (κ3) is 2.19. The predicted octanol–water partition coefficient (Wildman–Crippen LogP) is 0.246. The maximum atomic E-state index is 12.0. The first-order valence-electron chi connectivity index (χ1n) is 5.04. The summed E-state index contributed by atoms with van der Waals surface area (Å²) in [5.41, 5.74) is -0.173. The number of fused-ring (bicyclic) bond motifs is 1. The number of carbonyl (C=O) groups excluding carboxylic acids is 2. The molecule has 8 nitrogen and oxygen atoms in total. The first kappa shape index (κ1) is 13.1. The molecule has 1 amide bonds. The Balaban J connectivity index is 2.38. The first-order chi connectivity index (χ1) is 8.95. The summed E-state index contributed by atoms with van der Waals surface area (Å²) in [5.74, 6) is -1.34. The summed E-state index contributed by atoms with van der Waals surface area (Å²) in [6, 6.07) is 3.45. The van der Waals surface area contributed by atoms with Crippen LogP contribution in [0.5, 0.6) is 0 Å². The minimum Gasteiger partial charge on any atom is -0.468 e. The van der Waals surface area contributed by atoms with Crippen LogP contribution in [-0.4, -0.2) is 39.0 Å². The van der Waals surface area contributed by atoms with Gasteiger partial charge in [0.2, 0.25) is 0 Å². The molecule has 1 aromatic rings. The molecule has 0 radical (unpaired) electrons. The summed E-state index contributed by atoms with van der Waals surface area (Å²) in [7, 11) is -0.793. The van der Waals surface area contributed by atoms with E-state index in [1.165, 1.54) is 6.07 Å². The summed E-state index contributed by atoms with van der Waals surface area (Å²) < 4.78 is 17.2. The molecule has 0 saturated carbocycles. The Morgan fingerprint density at radius 3 is 2.79 bits per heavy atom. The third-order valence-corrected chi connectivity index (χ3v) is 3.93. The lowest BCUT2D eigenvalue weighted by Gasteiger charge is -2.11. The Bertz CT molecular complexity index is 614. The Kier molecular flexibility index (Phi) is 3.30. The van der Waals surface area contributed by atoms with Crippen LogP contribution in [0.2, 0.25) is 0 Å². The maximum absolute atomic E-state index is 12.0. The molecule has 0 N–H and O–H groups in total. The zero-order chi connectivity index (χ0) is 14.2. The van der Waals surface area contributed by atoms with Crippen molar-refractivity contribution >= 4 is 28.5 Å². The van der Waals surface area contributed by atoms with Crippen molar-refractivity contribution in [2.24, 2.45) is 0 Å². The van der Waals surface area contributed by atoms with E-state index in [2.05, 4.69) is 4.74 Å². The van der Waals surface area contributed by atoms with Crippen LogP contribution in [0.15, 0.2) is 23.1 Å². The predicted molar refractivity (Wildman–Crippen MR) is 62.6 cm³/mol. The van der Waals surface area contributed by atoms with Gasteiger partial charge in [0.15, 0.2) is 11.0 Å². The van der Waals surface area contributed by atoms with Crippen LogP contribution >= 0.6 is 0 Å². The van der Waals surface area contributed by atoms with Crippen LogP contribution in [0, 0.1) is 10.1 Å². The maximum Gasteiger partial charge on any atom is 0.326 e. The molecule has 1 atom stereocenters. The summed E-state index contributed by atoms with van der Waals surface area (Å²) in [6.45, 7) is -0.468. The lowest BCUT2D eigenvalue weighted by atomic mass is 10.2. The molecule has 1 heterocycles. The normalized spacial score (nSPS) is 17.2. The van der Waals surface area contributed by atoms with Gasteiger partial charge >= 0.3 is 5.97 Å². The van der Waals surface area contributed by atoms with E-state index < -0.39 is 34.3 Å². The fraction of sp³-hybridized carbons (Fsp3) is 0.200. The van der Waals surface area contributed by atoms with Crippen molar-refractivity contribution in [3.63, 3.8) is 0 Å². The van der Waals surface area contributed by atoms with Crippen molar-refractivity contribution < 1.29 is 23.5 Å². The summed E-state index contributed by atoms with van der Waals surface area (Å²) in [6.07, 6.45) is 0. The highest BCUT2D eigenvalue weighted by Gasteiger charge is 2.37. The quantitative estimate of drug-likeness (QED) is 0.447. The van der Waals surface area contributed by atoms with E-state index in [4.69, 9.17) is 0 Å². The number of amides is 1. The van der Waals surface area contributed by atoms with Crippen LogP contribution in [0.4, 0.5) is 5.69 Å². The van der Waals surface area contributed by atoms with Crippen LogP contribution < -0.4 is 0 Å². The first-order valence-corrected chi connectivity index (χ1v) is 6.15. The van der Waals surface area contributed by atoms with Gasteiger partial charge in [-0.3, -0.25) is 19.7 Å². The smallest absolute Gasteiger partial charge is 0.326 e. The molecule has 0 bridgehead atoms. The van der Waals surface area contributed by atoms with Gasteiger partial charge in [0.1, 0.15) is 6.54 Å². The zero-order valence-corrected chi connectivity index (χ0v) is 10.5. The van der Waals surface area contributed by atoms with Gasteiger partial charge in [-0.05, 0) is 6.07 Å². The second kappa shape index (κ2) is 4.76. The van der Waals surface area contributed by atoms with Crippen molar-refractivity contribution in [1.29, 1.82) is 0 Å². The molecule has 9 heteroatoms. The Morgan fingerprint density at radius 2 is 2.21 bits per heavy atom.